The Morgan fingerprint density at radius 1 is 1.29 bits per heavy atom. The van der Waals surface area contributed by atoms with E-state index in [-0.39, 0.29) is 18.3 Å². The number of hydrogen-bond donors (Lipinski definition) is 2. The van der Waals surface area contributed by atoms with Crippen molar-refractivity contribution in [3.05, 3.63) is 29.8 Å². The topological polar surface area (TPSA) is 32.3 Å². The first-order valence-electron chi connectivity index (χ1n) is 4.40. The van der Waals surface area contributed by atoms with E-state index < -0.39 is 6.43 Å². The molecule has 0 fully saturated rings. The van der Waals surface area contributed by atoms with Crippen LogP contribution < -0.4 is 5.32 Å². The van der Waals surface area contributed by atoms with Gasteiger partial charge in [0.15, 0.2) is 0 Å². The second kappa shape index (κ2) is 4.91. The van der Waals surface area contributed by atoms with Crippen LogP contribution in [0.15, 0.2) is 24.3 Å². The molecule has 2 N–H and O–H groups in total. The molecule has 0 saturated heterocycles. The molecule has 0 amide bonds. The van der Waals surface area contributed by atoms with Gasteiger partial charge in [-0.2, -0.15) is 0 Å². The Labute approximate surface area is 81.6 Å². The van der Waals surface area contributed by atoms with Gasteiger partial charge in [0, 0.05) is 6.04 Å². The summed E-state index contributed by atoms with van der Waals surface area (Å²) in [5, 5.41) is 11.7. The summed E-state index contributed by atoms with van der Waals surface area (Å²) in [6.45, 7) is 1.48. The van der Waals surface area contributed by atoms with Crippen molar-refractivity contribution in [3.63, 3.8) is 0 Å². The zero-order valence-corrected chi connectivity index (χ0v) is 7.87. The van der Waals surface area contributed by atoms with Crippen LogP contribution in [-0.2, 0) is 0 Å². The molecule has 0 aliphatic carbocycles. The smallest absolute Gasteiger partial charge is 0.250 e. The highest BCUT2D eigenvalue weighted by molar-refractivity contribution is 5.27. The molecule has 0 spiro atoms. The summed E-state index contributed by atoms with van der Waals surface area (Å²) in [4.78, 5) is 0. The molecule has 0 aliphatic heterocycles. The molecule has 0 bridgehead atoms. The molecule has 14 heavy (non-hydrogen) atoms. The first-order valence-corrected chi connectivity index (χ1v) is 4.40. The van der Waals surface area contributed by atoms with Gasteiger partial charge in [-0.1, -0.05) is 12.1 Å². The molecule has 1 aromatic rings. The third-order valence-electron chi connectivity index (χ3n) is 1.97. The van der Waals surface area contributed by atoms with E-state index in [0.717, 1.165) is 5.56 Å². The molecule has 1 aromatic carbocycles. The number of nitrogens with one attached hydrogen (secondary N) is 1. The van der Waals surface area contributed by atoms with Crippen LogP contribution in [0.4, 0.5) is 8.78 Å². The van der Waals surface area contributed by atoms with Crippen LogP contribution in [0.1, 0.15) is 18.5 Å². The Kier molecular flexibility index (Phi) is 3.83. The number of alkyl halides is 2. The number of hydrogen-bond acceptors (Lipinski definition) is 2. The summed E-state index contributed by atoms with van der Waals surface area (Å²) in [6, 6.07) is 6.35. The maximum absolute atomic E-state index is 11.9. The second-order valence-corrected chi connectivity index (χ2v) is 3.11. The lowest BCUT2D eigenvalue weighted by atomic mass is 10.1. The van der Waals surface area contributed by atoms with Gasteiger partial charge in [-0.05, 0) is 24.6 Å². The fourth-order valence-corrected chi connectivity index (χ4v) is 1.15. The summed E-state index contributed by atoms with van der Waals surface area (Å²) in [6.07, 6.45) is -2.34. The lowest BCUT2D eigenvalue weighted by Gasteiger charge is -2.13. The summed E-state index contributed by atoms with van der Waals surface area (Å²) in [5.74, 6) is 0.176. The molecule has 0 aliphatic rings. The van der Waals surface area contributed by atoms with Crippen LogP contribution >= 0.6 is 0 Å². The van der Waals surface area contributed by atoms with E-state index in [1.54, 1.807) is 19.1 Å². The van der Waals surface area contributed by atoms with Crippen molar-refractivity contribution in [3.8, 4) is 5.75 Å². The molecular formula is C10H13F2NO. The fraction of sp³-hybridized carbons (Fsp3) is 0.400. The zero-order chi connectivity index (χ0) is 10.6. The zero-order valence-electron chi connectivity index (χ0n) is 7.87. The fourth-order valence-electron chi connectivity index (χ4n) is 1.15. The van der Waals surface area contributed by atoms with Gasteiger partial charge in [-0.15, -0.1) is 0 Å². The van der Waals surface area contributed by atoms with E-state index in [1.807, 2.05) is 0 Å². The van der Waals surface area contributed by atoms with Gasteiger partial charge in [0.05, 0.1) is 6.54 Å². The highest BCUT2D eigenvalue weighted by Crippen LogP contribution is 2.16. The number of rotatable bonds is 4. The first kappa shape index (κ1) is 10.9. The average Bonchev–Trinajstić information content (AvgIpc) is 2.15. The van der Waals surface area contributed by atoms with Gasteiger partial charge >= 0.3 is 0 Å². The standard InChI is InChI=1S/C10H13F2NO/c1-7(13-6-10(11)12)8-2-4-9(14)5-3-8/h2-5,7,10,13-14H,6H2,1H3. The Bertz CT molecular complexity index is 274. The molecule has 4 heteroatoms. The van der Waals surface area contributed by atoms with Gasteiger partial charge < -0.3 is 10.4 Å². The summed E-state index contributed by atoms with van der Waals surface area (Å²) in [5.41, 5.74) is 0.878. The Morgan fingerprint density at radius 2 is 1.86 bits per heavy atom. The predicted octanol–water partition coefficient (Wildman–Crippen LogP) is 2.31. The van der Waals surface area contributed by atoms with Crippen molar-refractivity contribution in [1.82, 2.24) is 5.32 Å². The maximum Gasteiger partial charge on any atom is 0.250 e. The van der Waals surface area contributed by atoms with E-state index in [4.69, 9.17) is 5.11 Å². The van der Waals surface area contributed by atoms with Gasteiger partial charge in [0.1, 0.15) is 5.75 Å². The minimum absolute atomic E-state index is 0.135. The average molecular weight is 201 g/mol. The minimum atomic E-state index is -2.34. The number of benzene rings is 1. The molecule has 0 radical (unpaired) electrons. The largest absolute Gasteiger partial charge is 0.508 e. The lowest BCUT2D eigenvalue weighted by molar-refractivity contribution is 0.142. The Hall–Kier alpha value is -1.16. The summed E-state index contributed by atoms with van der Waals surface area (Å²) >= 11 is 0. The predicted molar refractivity (Wildman–Crippen MR) is 50.5 cm³/mol. The van der Waals surface area contributed by atoms with Crippen molar-refractivity contribution in [2.24, 2.45) is 0 Å². The number of aromatic hydroxyl groups is 1. The van der Waals surface area contributed by atoms with Gasteiger partial charge in [-0.25, -0.2) is 8.78 Å². The second-order valence-electron chi connectivity index (χ2n) is 3.11. The van der Waals surface area contributed by atoms with E-state index in [9.17, 15) is 8.78 Å². The maximum atomic E-state index is 11.9. The lowest BCUT2D eigenvalue weighted by Crippen LogP contribution is -2.24. The molecular weight excluding hydrogens is 188 g/mol. The van der Waals surface area contributed by atoms with Crippen molar-refractivity contribution in [1.29, 1.82) is 0 Å². The molecule has 2 nitrogen and oxygen atoms in total. The Morgan fingerprint density at radius 3 is 2.36 bits per heavy atom. The molecule has 0 aromatic heterocycles. The summed E-state index contributed by atoms with van der Waals surface area (Å²) in [7, 11) is 0. The highest BCUT2D eigenvalue weighted by Gasteiger charge is 2.07. The van der Waals surface area contributed by atoms with Crippen LogP contribution in [0.3, 0.4) is 0 Å². The quantitative estimate of drug-likeness (QED) is 0.783. The molecule has 1 unspecified atom stereocenters. The number of phenolic OH excluding ortho intramolecular Hbond substituents is 1. The van der Waals surface area contributed by atoms with Crippen molar-refractivity contribution in [2.75, 3.05) is 6.54 Å². The van der Waals surface area contributed by atoms with Crippen molar-refractivity contribution >= 4 is 0 Å². The van der Waals surface area contributed by atoms with Crippen molar-refractivity contribution < 1.29 is 13.9 Å². The van der Waals surface area contributed by atoms with E-state index >= 15 is 0 Å². The minimum Gasteiger partial charge on any atom is -0.508 e. The number of phenols is 1. The number of halogens is 2. The van der Waals surface area contributed by atoms with E-state index in [2.05, 4.69) is 5.32 Å². The molecule has 1 rings (SSSR count). The van der Waals surface area contributed by atoms with Gasteiger partial charge in [0.25, 0.3) is 6.43 Å². The van der Waals surface area contributed by atoms with Gasteiger partial charge in [0.2, 0.25) is 0 Å². The third-order valence-corrected chi connectivity index (χ3v) is 1.97. The SMILES string of the molecule is CC(NCC(F)F)c1ccc(O)cc1. The van der Waals surface area contributed by atoms with Gasteiger partial charge in [-0.3, -0.25) is 0 Å². The van der Waals surface area contributed by atoms with Crippen LogP contribution in [0, 0.1) is 0 Å². The van der Waals surface area contributed by atoms with Crippen LogP contribution in [0.2, 0.25) is 0 Å². The molecule has 78 valence electrons. The normalized spacial score (nSPS) is 13.1. The van der Waals surface area contributed by atoms with Crippen LogP contribution in [0.5, 0.6) is 5.75 Å². The molecule has 1 atom stereocenters. The van der Waals surface area contributed by atoms with E-state index in [0.29, 0.717) is 0 Å². The molecule has 0 heterocycles. The Balaban J connectivity index is 2.52. The summed E-state index contributed by atoms with van der Waals surface area (Å²) < 4.78 is 23.7. The van der Waals surface area contributed by atoms with Crippen LogP contribution in [0.25, 0.3) is 0 Å². The van der Waals surface area contributed by atoms with E-state index in [1.165, 1.54) is 12.1 Å². The molecule has 0 saturated carbocycles. The third kappa shape index (κ3) is 3.30. The first-order chi connectivity index (χ1) is 6.59. The highest BCUT2D eigenvalue weighted by atomic mass is 19.3. The van der Waals surface area contributed by atoms with Crippen LogP contribution in [-0.4, -0.2) is 18.1 Å². The monoisotopic (exact) mass is 201 g/mol. The van der Waals surface area contributed by atoms with Crippen molar-refractivity contribution in [2.45, 2.75) is 19.4 Å².